The summed E-state index contributed by atoms with van der Waals surface area (Å²) in [6.07, 6.45) is 6.05. The Bertz CT molecular complexity index is 1350. The van der Waals surface area contributed by atoms with E-state index in [1.165, 1.54) is 9.89 Å². The average molecular weight is 517 g/mol. The van der Waals surface area contributed by atoms with Gasteiger partial charge in [0.2, 0.25) is 0 Å². The van der Waals surface area contributed by atoms with Crippen molar-refractivity contribution in [3.63, 3.8) is 0 Å². The molecule has 0 radical (unpaired) electrons. The highest BCUT2D eigenvalue weighted by Gasteiger charge is 2.35. The lowest BCUT2D eigenvalue weighted by molar-refractivity contribution is -0.118. The summed E-state index contributed by atoms with van der Waals surface area (Å²) in [4.78, 5) is 32.6. The van der Waals surface area contributed by atoms with Gasteiger partial charge in [0, 0.05) is 11.1 Å². The second-order valence-corrected chi connectivity index (χ2v) is 11.8. The number of hydrogen-bond donors (Lipinski definition) is 1. The lowest BCUT2D eigenvalue weighted by atomic mass is 9.72. The van der Waals surface area contributed by atoms with Crippen LogP contribution in [0.3, 0.4) is 0 Å². The third kappa shape index (κ3) is 5.16. The number of hydrogen-bond acceptors (Lipinski definition) is 6. The number of carbonyl (C=O) groups excluding carboxylic acids is 2. The zero-order valence-corrected chi connectivity index (χ0v) is 22.5. The summed E-state index contributed by atoms with van der Waals surface area (Å²) in [7, 11) is 0. The number of anilines is 1. The smallest absolute Gasteiger partial charge is 0.261 e. The van der Waals surface area contributed by atoms with Gasteiger partial charge in [-0.3, -0.25) is 9.59 Å². The molecule has 2 aliphatic rings. The van der Waals surface area contributed by atoms with Gasteiger partial charge in [-0.25, -0.2) is 4.99 Å². The van der Waals surface area contributed by atoms with Crippen LogP contribution in [-0.2, 0) is 24.2 Å². The molecule has 1 N–H and O–H groups in total. The van der Waals surface area contributed by atoms with E-state index in [9.17, 15) is 9.59 Å². The number of carbonyl (C=O) groups is 2. The fourth-order valence-corrected chi connectivity index (χ4v) is 6.23. The van der Waals surface area contributed by atoms with Gasteiger partial charge in [0.1, 0.15) is 16.7 Å². The van der Waals surface area contributed by atoms with Crippen LogP contribution in [0, 0.1) is 17.3 Å². The van der Waals surface area contributed by atoms with Gasteiger partial charge in [0.15, 0.2) is 0 Å². The number of thiophene rings is 1. The first kappa shape index (κ1) is 25.1. The van der Waals surface area contributed by atoms with Crippen LogP contribution >= 0.6 is 11.3 Å². The number of hydrazone groups is 1. The van der Waals surface area contributed by atoms with Crippen LogP contribution in [-0.4, -0.2) is 23.7 Å². The van der Waals surface area contributed by atoms with Crippen molar-refractivity contribution in [3.05, 3.63) is 70.5 Å². The molecule has 1 aromatic carbocycles. The molecule has 8 heteroatoms. The average Bonchev–Trinajstić information content (AvgIpc) is 3.59. The number of rotatable bonds is 6. The highest BCUT2D eigenvalue weighted by molar-refractivity contribution is 7.16. The van der Waals surface area contributed by atoms with E-state index in [1.807, 2.05) is 43.3 Å². The van der Waals surface area contributed by atoms with Gasteiger partial charge < -0.3 is 9.73 Å². The predicted octanol–water partition coefficient (Wildman–Crippen LogP) is 6.16. The van der Waals surface area contributed by atoms with Crippen LogP contribution in [0.2, 0.25) is 0 Å². The molecule has 1 aliphatic carbocycles. The van der Waals surface area contributed by atoms with Crippen molar-refractivity contribution in [1.29, 1.82) is 0 Å². The molecule has 2 atom stereocenters. The maximum atomic E-state index is 13.4. The molecule has 5 rings (SSSR count). The van der Waals surface area contributed by atoms with E-state index in [-0.39, 0.29) is 17.2 Å². The Morgan fingerprint density at radius 2 is 2.03 bits per heavy atom. The molecule has 2 aromatic heterocycles. The Balaban J connectivity index is 1.43. The summed E-state index contributed by atoms with van der Waals surface area (Å²) in [6.45, 7) is 8.97. The lowest BCUT2D eigenvalue weighted by Gasteiger charge is -2.33. The van der Waals surface area contributed by atoms with Crippen LogP contribution in [0.15, 0.2) is 63.2 Å². The molecule has 7 nitrogen and oxygen atoms in total. The topological polar surface area (TPSA) is 87.3 Å². The third-order valence-electron chi connectivity index (χ3n) is 7.23. The third-order valence-corrected chi connectivity index (χ3v) is 8.39. The van der Waals surface area contributed by atoms with Gasteiger partial charge in [-0.1, -0.05) is 39.0 Å². The van der Waals surface area contributed by atoms with Crippen molar-refractivity contribution in [2.24, 2.45) is 27.3 Å². The molecule has 37 heavy (non-hydrogen) atoms. The Morgan fingerprint density at radius 1 is 1.24 bits per heavy atom. The molecule has 0 fully saturated rings. The molecule has 3 aromatic rings. The molecular weight excluding hydrogens is 484 g/mol. The van der Waals surface area contributed by atoms with E-state index in [4.69, 9.17) is 9.41 Å². The maximum absolute atomic E-state index is 13.4. The highest BCUT2D eigenvalue weighted by atomic mass is 32.1. The Hall–Kier alpha value is -3.52. The molecular formula is C29H32N4O3S. The molecule has 0 saturated carbocycles. The standard InChI is InChI=1S/C29H32N4O3S/c1-18-23(28(35)33(32-18)20-9-6-5-7-10-20)17-31-27-25(26(34)30-16-21-11-8-14-36-21)22-13-12-19(29(2,3)4)15-24(22)37-27/h5-11,14,17,19,23H,12-13,15-16H2,1-4H3,(H,30,34)/t19-,23-/m1/s1. The van der Waals surface area contributed by atoms with Crippen molar-refractivity contribution >= 4 is 45.8 Å². The summed E-state index contributed by atoms with van der Waals surface area (Å²) in [6, 6.07) is 13.0. The Labute approximate surface area is 221 Å². The molecule has 2 amide bonds. The first-order valence-corrected chi connectivity index (χ1v) is 13.5. The SMILES string of the molecule is CC1=NN(c2ccccc2)C(=O)[C@@H]1C=Nc1sc2c(c1C(=O)NCc1ccco1)CC[C@@H](C(C)(C)C)C2. The monoisotopic (exact) mass is 516 g/mol. The number of fused-ring (bicyclic) bond motifs is 1. The van der Waals surface area contributed by atoms with Crippen molar-refractivity contribution in [1.82, 2.24) is 5.32 Å². The van der Waals surface area contributed by atoms with Gasteiger partial charge in [-0.15, -0.1) is 11.3 Å². The minimum atomic E-state index is -0.569. The Morgan fingerprint density at radius 3 is 2.73 bits per heavy atom. The van der Waals surface area contributed by atoms with Crippen LogP contribution in [0.1, 0.15) is 60.7 Å². The molecule has 1 aliphatic heterocycles. The quantitative estimate of drug-likeness (QED) is 0.398. The van der Waals surface area contributed by atoms with Crippen LogP contribution in [0.25, 0.3) is 0 Å². The molecule has 0 saturated heterocycles. The molecule has 192 valence electrons. The fraction of sp³-hybridized carbons (Fsp3) is 0.379. The summed E-state index contributed by atoms with van der Waals surface area (Å²) in [5.41, 5.74) is 3.30. The molecule has 0 bridgehead atoms. The molecule has 0 unspecified atom stereocenters. The number of aliphatic imine (C=N–C) groups is 1. The van der Waals surface area contributed by atoms with E-state index < -0.39 is 5.92 Å². The van der Waals surface area contributed by atoms with E-state index in [0.29, 0.717) is 34.5 Å². The van der Waals surface area contributed by atoms with Gasteiger partial charge in [-0.05, 0) is 67.3 Å². The summed E-state index contributed by atoms with van der Waals surface area (Å²) in [5.74, 6) is 0.356. The maximum Gasteiger partial charge on any atom is 0.261 e. The van der Waals surface area contributed by atoms with Crippen molar-refractivity contribution in [3.8, 4) is 0 Å². The van der Waals surface area contributed by atoms with Gasteiger partial charge in [0.05, 0.1) is 29.8 Å². The fourth-order valence-electron chi connectivity index (χ4n) is 4.95. The summed E-state index contributed by atoms with van der Waals surface area (Å²) in [5, 5.41) is 9.54. The zero-order valence-electron chi connectivity index (χ0n) is 21.7. The minimum absolute atomic E-state index is 0.148. The lowest BCUT2D eigenvalue weighted by Crippen LogP contribution is -2.28. The highest BCUT2D eigenvalue weighted by Crippen LogP contribution is 2.45. The van der Waals surface area contributed by atoms with E-state index in [0.717, 1.165) is 30.5 Å². The van der Waals surface area contributed by atoms with Crippen LogP contribution < -0.4 is 10.3 Å². The molecule has 3 heterocycles. The van der Waals surface area contributed by atoms with Gasteiger partial charge in [-0.2, -0.15) is 10.1 Å². The van der Waals surface area contributed by atoms with E-state index in [1.54, 1.807) is 29.9 Å². The predicted molar refractivity (Wildman–Crippen MR) is 148 cm³/mol. The van der Waals surface area contributed by atoms with Crippen molar-refractivity contribution in [2.75, 3.05) is 5.01 Å². The van der Waals surface area contributed by atoms with Crippen LogP contribution in [0.4, 0.5) is 10.7 Å². The normalized spacial score (nSPS) is 19.8. The second-order valence-electron chi connectivity index (χ2n) is 10.7. The number of amides is 2. The largest absolute Gasteiger partial charge is 0.467 e. The van der Waals surface area contributed by atoms with Crippen LogP contribution in [0.5, 0.6) is 0 Å². The summed E-state index contributed by atoms with van der Waals surface area (Å²) >= 11 is 1.57. The number of nitrogens with one attached hydrogen (secondary N) is 1. The first-order valence-electron chi connectivity index (χ1n) is 12.7. The number of nitrogens with zero attached hydrogens (tertiary/aromatic N) is 3. The zero-order chi connectivity index (χ0) is 26.2. The Kier molecular flexibility index (Phi) is 6.86. The minimum Gasteiger partial charge on any atom is -0.467 e. The number of para-hydroxylation sites is 1. The number of furan rings is 1. The van der Waals surface area contributed by atoms with E-state index >= 15 is 0 Å². The van der Waals surface area contributed by atoms with Crippen molar-refractivity contribution < 1.29 is 14.0 Å². The second kappa shape index (κ2) is 10.1. The van der Waals surface area contributed by atoms with Crippen molar-refractivity contribution in [2.45, 2.75) is 53.5 Å². The first-order chi connectivity index (χ1) is 17.7. The summed E-state index contributed by atoms with van der Waals surface area (Å²) < 4.78 is 5.38. The van der Waals surface area contributed by atoms with Gasteiger partial charge in [0.25, 0.3) is 11.8 Å². The molecule has 0 spiro atoms. The van der Waals surface area contributed by atoms with Gasteiger partial charge >= 0.3 is 0 Å². The number of benzene rings is 1. The van der Waals surface area contributed by atoms with E-state index in [2.05, 4.69) is 31.2 Å².